The Kier molecular flexibility index (Phi) is 2.91. The van der Waals surface area contributed by atoms with E-state index in [1.807, 2.05) is 19.9 Å². The fraction of sp³-hybridized carbons (Fsp3) is 0.727. The molecule has 0 radical (unpaired) electrons. The monoisotopic (exact) mass is 182 g/mol. The van der Waals surface area contributed by atoms with Gasteiger partial charge in [-0.2, -0.15) is 0 Å². The molecule has 0 aliphatic carbocycles. The van der Waals surface area contributed by atoms with Gasteiger partial charge in [-0.1, -0.05) is 13.0 Å². The minimum absolute atomic E-state index is 0.0155. The van der Waals surface area contributed by atoms with Crippen molar-refractivity contribution in [1.29, 1.82) is 0 Å². The molecule has 0 bridgehead atoms. The normalized spacial score (nSPS) is 35.8. The molecular weight excluding hydrogens is 164 g/mol. The second-order valence-electron chi connectivity index (χ2n) is 4.11. The van der Waals surface area contributed by atoms with Gasteiger partial charge in [0.25, 0.3) is 0 Å². The van der Waals surface area contributed by atoms with E-state index in [9.17, 15) is 4.79 Å². The maximum Gasteiger partial charge on any atom is 0.135 e. The minimum atomic E-state index is -0.214. The summed E-state index contributed by atoms with van der Waals surface area (Å²) in [6.07, 6.45) is 3.85. The molecule has 0 spiro atoms. The molecular formula is C11H18O2. The summed E-state index contributed by atoms with van der Waals surface area (Å²) in [6.45, 7) is 9.32. The summed E-state index contributed by atoms with van der Waals surface area (Å²) in [5.41, 5.74) is -0.214. The van der Waals surface area contributed by atoms with E-state index in [1.54, 1.807) is 6.92 Å². The zero-order chi connectivity index (χ0) is 10.1. The summed E-state index contributed by atoms with van der Waals surface area (Å²) in [4.78, 5) is 11.1. The maximum absolute atomic E-state index is 11.1. The van der Waals surface area contributed by atoms with Crippen LogP contribution in [-0.4, -0.2) is 17.5 Å². The first kappa shape index (κ1) is 10.5. The molecule has 13 heavy (non-hydrogen) atoms. The Morgan fingerprint density at radius 2 is 2.38 bits per heavy atom. The van der Waals surface area contributed by atoms with Crippen molar-refractivity contribution < 1.29 is 9.53 Å². The lowest BCUT2D eigenvalue weighted by Crippen LogP contribution is -2.28. The highest BCUT2D eigenvalue weighted by Crippen LogP contribution is 2.34. The second kappa shape index (κ2) is 3.62. The number of rotatable bonds is 3. The van der Waals surface area contributed by atoms with Gasteiger partial charge in [-0.15, -0.1) is 6.58 Å². The largest absolute Gasteiger partial charge is 0.367 e. The Bertz CT molecular complexity index is 222. The third kappa shape index (κ3) is 2.19. The molecule has 0 N–H and O–H groups in total. The highest BCUT2D eigenvalue weighted by Gasteiger charge is 2.37. The van der Waals surface area contributed by atoms with Crippen molar-refractivity contribution in [2.45, 2.75) is 45.3 Å². The number of carbonyl (C=O) groups excluding carboxylic acids is 1. The molecule has 0 amide bonds. The van der Waals surface area contributed by atoms with E-state index in [2.05, 4.69) is 6.58 Å². The van der Waals surface area contributed by atoms with Gasteiger partial charge in [-0.05, 0) is 26.7 Å². The third-order valence-corrected chi connectivity index (χ3v) is 2.98. The van der Waals surface area contributed by atoms with E-state index in [1.165, 1.54) is 0 Å². The van der Waals surface area contributed by atoms with E-state index < -0.39 is 0 Å². The standard InChI is InChI=1S/C11H18O2/c1-5-11(4)7-6-10(13-11)8(2)9(3)12/h5,8,10H,1,6-7H2,2-4H3/t8-,10+,11+/m1/s1. The summed E-state index contributed by atoms with van der Waals surface area (Å²) in [6, 6.07) is 0. The first-order valence-electron chi connectivity index (χ1n) is 4.80. The van der Waals surface area contributed by atoms with Crippen LogP contribution in [-0.2, 0) is 9.53 Å². The van der Waals surface area contributed by atoms with Crippen LogP contribution in [0.25, 0.3) is 0 Å². The van der Waals surface area contributed by atoms with Crippen molar-refractivity contribution in [2.24, 2.45) is 5.92 Å². The Labute approximate surface area is 80.0 Å². The van der Waals surface area contributed by atoms with E-state index in [0.717, 1.165) is 12.8 Å². The van der Waals surface area contributed by atoms with Crippen molar-refractivity contribution in [3.05, 3.63) is 12.7 Å². The second-order valence-corrected chi connectivity index (χ2v) is 4.11. The number of hydrogen-bond acceptors (Lipinski definition) is 2. The third-order valence-electron chi connectivity index (χ3n) is 2.98. The molecule has 1 aliphatic rings. The van der Waals surface area contributed by atoms with Gasteiger partial charge in [0, 0.05) is 5.92 Å². The summed E-state index contributed by atoms with van der Waals surface area (Å²) >= 11 is 0. The van der Waals surface area contributed by atoms with Gasteiger partial charge in [0.1, 0.15) is 5.78 Å². The zero-order valence-electron chi connectivity index (χ0n) is 8.67. The number of ether oxygens (including phenoxy) is 1. The van der Waals surface area contributed by atoms with Crippen LogP contribution in [0.5, 0.6) is 0 Å². The lowest BCUT2D eigenvalue weighted by molar-refractivity contribution is -0.125. The molecule has 2 heteroatoms. The molecule has 1 aliphatic heterocycles. The lowest BCUT2D eigenvalue weighted by atomic mass is 9.96. The summed E-state index contributed by atoms with van der Waals surface area (Å²) in [5, 5.41) is 0. The summed E-state index contributed by atoms with van der Waals surface area (Å²) in [7, 11) is 0. The SMILES string of the molecule is C=C[C@@]1(C)CC[C@@H]([C@H](C)C(C)=O)O1. The van der Waals surface area contributed by atoms with Crippen LogP contribution in [0.2, 0.25) is 0 Å². The highest BCUT2D eigenvalue weighted by molar-refractivity contribution is 5.78. The van der Waals surface area contributed by atoms with Gasteiger partial charge in [-0.25, -0.2) is 0 Å². The molecule has 0 aromatic rings. The van der Waals surface area contributed by atoms with Gasteiger partial charge in [0.05, 0.1) is 11.7 Å². The molecule has 0 saturated carbocycles. The predicted octanol–water partition coefficient (Wildman–Crippen LogP) is 2.34. The lowest BCUT2D eigenvalue weighted by Gasteiger charge is -2.22. The average Bonchev–Trinajstić information content (AvgIpc) is 2.47. The Balaban J connectivity index is 2.59. The molecule has 1 saturated heterocycles. The van der Waals surface area contributed by atoms with Crippen molar-refractivity contribution in [3.63, 3.8) is 0 Å². The Morgan fingerprint density at radius 1 is 1.77 bits per heavy atom. The molecule has 1 heterocycles. The van der Waals surface area contributed by atoms with E-state index in [4.69, 9.17) is 4.74 Å². The number of carbonyl (C=O) groups is 1. The molecule has 0 aromatic heterocycles. The minimum Gasteiger partial charge on any atom is -0.367 e. The molecule has 1 rings (SSSR count). The summed E-state index contributed by atoms with van der Waals surface area (Å²) in [5.74, 6) is 0.222. The fourth-order valence-corrected chi connectivity index (χ4v) is 1.66. The Hall–Kier alpha value is -0.630. The van der Waals surface area contributed by atoms with E-state index >= 15 is 0 Å². The molecule has 0 aromatic carbocycles. The van der Waals surface area contributed by atoms with E-state index in [0.29, 0.717) is 0 Å². The van der Waals surface area contributed by atoms with Crippen LogP contribution in [0.4, 0.5) is 0 Å². The first-order chi connectivity index (χ1) is 5.98. The van der Waals surface area contributed by atoms with Crippen molar-refractivity contribution in [3.8, 4) is 0 Å². The highest BCUT2D eigenvalue weighted by atomic mass is 16.5. The maximum atomic E-state index is 11.1. The van der Waals surface area contributed by atoms with Gasteiger partial charge in [-0.3, -0.25) is 4.79 Å². The van der Waals surface area contributed by atoms with Crippen molar-refractivity contribution >= 4 is 5.78 Å². The number of ketones is 1. The van der Waals surface area contributed by atoms with Crippen LogP contribution < -0.4 is 0 Å². The van der Waals surface area contributed by atoms with Gasteiger partial charge in [0.2, 0.25) is 0 Å². The van der Waals surface area contributed by atoms with Crippen LogP contribution >= 0.6 is 0 Å². The summed E-state index contributed by atoms with van der Waals surface area (Å²) < 4.78 is 5.78. The molecule has 1 fully saturated rings. The van der Waals surface area contributed by atoms with E-state index in [-0.39, 0.29) is 23.4 Å². The quantitative estimate of drug-likeness (QED) is 0.626. The zero-order valence-corrected chi connectivity index (χ0v) is 8.67. The molecule has 74 valence electrons. The van der Waals surface area contributed by atoms with Crippen LogP contribution in [0, 0.1) is 5.92 Å². The van der Waals surface area contributed by atoms with Gasteiger partial charge < -0.3 is 4.74 Å². The van der Waals surface area contributed by atoms with Crippen molar-refractivity contribution in [1.82, 2.24) is 0 Å². The van der Waals surface area contributed by atoms with Crippen molar-refractivity contribution in [2.75, 3.05) is 0 Å². The van der Waals surface area contributed by atoms with Crippen LogP contribution in [0.3, 0.4) is 0 Å². The first-order valence-corrected chi connectivity index (χ1v) is 4.80. The predicted molar refractivity (Wildman–Crippen MR) is 52.6 cm³/mol. The van der Waals surface area contributed by atoms with Crippen LogP contribution in [0.15, 0.2) is 12.7 Å². The van der Waals surface area contributed by atoms with Gasteiger partial charge >= 0.3 is 0 Å². The van der Waals surface area contributed by atoms with Crippen LogP contribution in [0.1, 0.15) is 33.6 Å². The molecule has 0 unspecified atom stereocenters. The smallest absolute Gasteiger partial charge is 0.135 e. The topological polar surface area (TPSA) is 26.3 Å². The number of hydrogen-bond donors (Lipinski definition) is 0. The molecule has 3 atom stereocenters. The molecule has 2 nitrogen and oxygen atoms in total. The number of Topliss-reactive ketones (excluding diaryl/α,β-unsaturated/α-hetero) is 1. The Morgan fingerprint density at radius 3 is 2.77 bits per heavy atom. The average molecular weight is 182 g/mol. The fourth-order valence-electron chi connectivity index (χ4n) is 1.66. The van der Waals surface area contributed by atoms with Gasteiger partial charge in [0.15, 0.2) is 0 Å².